The van der Waals surface area contributed by atoms with E-state index in [4.69, 9.17) is 5.73 Å². The predicted molar refractivity (Wildman–Crippen MR) is 102 cm³/mol. The Morgan fingerprint density at radius 1 is 1.40 bits per heavy atom. The topological polar surface area (TPSA) is 71.0 Å². The van der Waals surface area contributed by atoms with Crippen molar-refractivity contribution in [2.45, 2.75) is 25.3 Å². The summed E-state index contributed by atoms with van der Waals surface area (Å²) in [7, 11) is 1.66. The molecule has 5 nitrogen and oxygen atoms in total. The second-order valence-electron chi connectivity index (χ2n) is 6.82. The first-order chi connectivity index (χ1) is 12.0. The van der Waals surface area contributed by atoms with Crippen LogP contribution in [0.15, 0.2) is 57.5 Å². The van der Waals surface area contributed by atoms with Crippen LogP contribution in [0.2, 0.25) is 0 Å². The van der Waals surface area contributed by atoms with E-state index in [1.54, 1.807) is 18.4 Å². The van der Waals surface area contributed by atoms with Gasteiger partial charge >= 0.3 is 0 Å². The third kappa shape index (κ3) is 2.76. The molecule has 1 aliphatic carbocycles. The first-order valence-corrected chi connectivity index (χ1v) is 9.17. The SMILES string of the molecule is CN1C(=O)C[C@@](C)(C2=CN=C3C=CC(c4cccs4)=CC3C2)N=C1N. The zero-order valence-corrected chi connectivity index (χ0v) is 15.1. The van der Waals surface area contributed by atoms with E-state index in [1.807, 2.05) is 13.1 Å². The fraction of sp³-hybridized carbons (Fsp3) is 0.316. The Bertz CT molecular complexity index is 875. The van der Waals surface area contributed by atoms with Gasteiger partial charge in [0.05, 0.1) is 12.0 Å². The molecule has 1 aromatic heterocycles. The molecular formula is C19H20N4OS. The second-order valence-corrected chi connectivity index (χ2v) is 7.77. The zero-order valence-electron chi connectivity index (χ0n) is 14.3. The number of thiophene rings is 1. The average molecular weight is 352 g/mol. The molecule has 25 heavy (non-hydrogen) atoms. The molecule has 2 aliphatic heterocycles. The van der Waals surface area contributed by atoms with Crippen LogP contribution < -0.4 is 5.73 Å². The van der Waals surface area contributed by atoms with Crippen molar-refractivity contribution in [3.63, 3.8) is 0 Å². The van der Waals surface area contributed by atoms with Gasteiger partial charge in [0, 0.05) is 29.8 Å². The van der Waals surface area contributed by atoms with Crippen LogP contribution in [0.1, 0.15) is 24.6 Å². The minimum absolute atomic E-state index is 0.0102. The van der Waals surface area contributed by atoms with E-state index in [2.05, 4.69) is 45.7 Å². The highest BCUT2D eigenvalue weighted by atomic mass is 32.1. The Morgan fingerprint density at radius 3 is 2.96 bits per heavy atom. The minimum atomic E-state index is -0.610. The fourth-order valence-corrected chi connectivity index (χ4v) is 4.19. The first kappa shape index (κ1) is 16.0. The third-order valence-corrected chi connectivity index (χ3v) is 5.99. The molecule has 0 radical (unpaired) electrons. The van der Waals surface area contributed by atoms with Crippen LogP contribution in [0.4, 0.5) is 0 Å². The molecule has 2 N–H and O–H groups in total. The predicted octanol–water partition coefficient (Wildman–Crippen LogP) is 2.98. The van der Waals surface area contributed by atoms with Crippen LogP contribution in [-0.4, -0.2) is 35.1 Å². The number of allylic oxidation sites excluding steroid dienone is 4. The maximum atomic E-state index is 12.2. The Kier molecular flexibility index (Phi) is 3.72. The average Bonchev–Trinajstić information content (AvgIpc) is 3.13. The monoisotopic (exact) mass is 352 g/mol. The Balaban J connectivity index is 1.65. The van der Waals surface area contributed by atoms with Gasteiger partial charge in [-0.3, -0.25) is 14.7 Å². The molecule has 2 atom stereocenters. The van der Waals surface area contributed by atoms with Gasteiger partial charge < -0.3 is 5.73 Å². The standard InChI is InChI=1S/C19H20N4OS/c1-19(10-17(24)23(2)18(20)22-19)14-9-13-8-12(16-4-3-7-25-16)5-6-15(13)21-11-14/h3-8,11,13H,9-10H2,1-2H3,(H2,20,22)/t13?,19-/m0/s1. The number of guanidine groups is 1. The smallest absolute Gasteiger partial charge is 0.231 e. The van der Waals surface area contributed by atoms with E-state index in [0.29, 0.717) is 6.42 Å². The summed E-state index contributed by atoms with van der Waals surface area (Å²) in [6, 6.07) is 4.19. The minimum Gasteiger partial charge on any atom is -0.369 e. The molecule has 128 valence electrons. The van der Waals surface area contributed by atoms with Gasteiger partial charge in [0.15, 0.2) is 5.96 Å². The highest BCUT2D eigenvalue weighted by molar-refractivity contribution is 7.11. The summed E-state index contributed by atoms with van der Waals surface area (Å²) in [5.74, 6) is 0.474. The van der Waals surface area contributed by atoms with Crippen molar-refractivity contribution in [2.75, 3.05) is 7.05 Å². The van der Waals surface area contributed by atoms with Gasteiger partial charge in [-0.25, -0.2) is 4.99 Å². The van der Waals surface area contributed by atoms with Gasteiger partial charge in [0.25, 0.3) is 0 Å². The summed E-state index contributed by atoms with van der Waals surface area (Å²) in [5, 5.41) is 2.09. The van der Waals surface area contributed by atoms with E-state index in [9.17, 15) is 4.79 Å². The van der Waals surface area contributed by atoms with Crippen LogP contribution in [0.25, 0.3) is 5.57 Å². The number of aliphatic imine (C=N–C) groups is 2. The fourth-order valence-electron chi connectivity index (χ4n) is 3.46. The van der Waals surface area contributed by atoms with Crippen LogP contribution in [0, 0.1) is 5.92 Å². The van der Waals surface area contributed by atoms with Gasteiger partial charge in [-0.1, -0.05) is 18.2 Å². The van der Waals surface area contributed by atoms with Crippen LogP contribution in [0.3, 0.4) is 0 Å². The second kappa shape index (κ2) is 5.81. The molecule has 0 saturated heterocycles. The maximum Gasteiger partial charge on any atom is 0.231 e. The van der Waals surface area contributed by atoms with Gasteiger partial charge in [0.1, 0.15) is 0 Å². The van der Waals surface area contributed by atoms with Crippen LogP contribution >= 0.6 is 11.3 Å². The van der Waals surface area contributed by atoms with Crippen molar-refractivity contribution in [2.24, 2.45) is 21.6 Å². The number of fused-ring (bicyclic) bond motifs is 1. The highest BCUT2D eigenvalue weighted by Crippen LogP contribution is 2.38. The molecule has 0 spiro atoms. The molecule has 4 rings (SSSR count). The van der Waals surface area contributed by atoms with E-state index in [1.165, 1.54) is 15.4 Å². The molecule has 3 heterocycles. The summed E-state index contributed by atoms with van der Waals surface area (Å²) in [5.41, 5.74) is 8.68. The van der Waals surface area contributed by atoms with Crippen molar-refractivity contribution < 1.29 is 4.79 Å². The number of amides is 1. The number of nitrogens with two attached hydrogens (primary N) is 1. The van der Waals surface area contributed by atoms with E-state index in [-0.39, 0.29) is 17.8 Å². The van der Waals surface area contributed by atoms with Crippen molar-refractivity contribution in [3.05, 3.63) is 52.4 Å². The summed E-state index contributed by atoms with van der Waals surface area (Å²) >= 11 is 1.74. The third-order valence-electron chi connectivity index (χ3n) is 5.08. The van der Waals surface area contributed by atoms with Gasteiger partial charge in [0.2, 0.25) is 5.91 Å². The molecule has 0 bridgehead atoms. The molecule has 1 amide bonds. The van der Waals surface area contributed by atoms with Crippen LogP contribution in [-0.2, 0) is 4.79 Å². The van der Waals surface area contributed by atoms with Crippen molar-refractivity contribution in [1.82, 2.24) is 4.90 Å². The number of nitrogens with zero attached hydrogens (tertiary/aromatic N) is 3. The lowest BCUT2D eigenvalue weighted by Crippen LogP contribution is -2.49. The van der Waals surface area contributed by atoms with E-state index >= 15 is 0 Å². The molecule has 0 aromatic carbocycles. The summed E-state index contributed by atoms with van der Waals surface area (Å²) < 4.78 is 0. The molecule has 1 aromatic rings. The lowest BCUT2D eigenvalue weighted by Gasteiger charge is -2.37. The number of hydrogen-bond donors (Lipinski definition) is 1. The Labute approximate surface area is 151 Å². The molecule has 1 unspecified atom stereocenters. The maximum absolute atomic E-state index is 12.2. The van der Waals surface area contributed by atoms with Crippen LogP contribution in [0.5, 0.6) is 0 Å². The van der Waals surface area contributed by atoms with Crippen molar-refractivity contribution in [1.29, 1.82) is 0 Å². The number of hydrogen-bond acceptors (Lipinski definition) is 5. The molecule has 6 heteroatoms. The Morgan fingerprint density at radius 2 is 2.24 bits per heavy atom. The highest BCUT2D eigenvalue weighted by Gasteiger charge is 2.39. The van der Waals surface area contributed by atoms with E-state index < -0.39 is 5.54 Å². The number of rotatable bonds is 2. The summed E-state index contributed by atoms with van der Waals surface area (Å²) in [6.07, 6.45) is 9.48. The quantitative estimate of drug-likeness (QED) is 0.889. The lowest BCUT2D eigenvalue weighted by molar-refractivity contribution is -0.128. The Hall–Kier alpha value is -2.47. The molecule has 0 saturated carbocycles. The molecule has 0 fully saturated rings. The van der Waals surface area contributed by atoms with Gasteiger partial charge in [-0.15, -0.1) is 11.3 Å². The first-order valence-electron chi connectivity index (χ1n) is 8.29. The summed E-state index contributed by atoms with van der Waals surface area (Å²) in [6.45, 7) is 1.97. The van der Waals surface area contributed by atoms with Gasteiger partial charge in [-0.2, -0.15) is 0 Å². The molecular weight excluding hydrogens is 332 g/mol. The van der Waals surface area contributed by atoms with Crippen molar-refractivity contribution in [3.8, 4) is 0 Å². The van der Waals surface area contributed by atoms with Gasteiger partial charge in [-0.05, 0) is 42.0 Å². The number of carbonyl (C=O) groups excluding carboxylic acids is 1. The molecule has 3 aliphatic rings. The number of carbonyl (C=O) groups is 1. The normalized spacial score (nSPS) is 28.8. The van der Waals surface area contributed by atoms with Crippen molar-refractivity contribution >= 4 is 34.5 Å². The zero-order chi connectivity index (χ0) is 17.6. The van der Waals surface area contributed by atoms with E-state index in [0.717, 1.165) is 17.7 Å². The summed E-state index contributed by atoms with van der Waals surface area (Å²) in [4.78, 5) is 24.1. The lowest BCUT2D eigenvalue weighted by atomic mass is 9.78. The largest absolute Gasteiger partial charge is 0.369 e.